The average Bonchev–Trinajstić information content (AvgIpc) is 2.74. The van der Waals surface area contributed by atoms with E-state index in [2.05, 4.69) is 5.32 Å². The van der Waals surface area contributed by atoms with Gasteiger partial charge in [0.25, 0.3) is 0 Å². The van der Waals surface area contributed by atoms with Crippen molar-refractivity contribution in [1.82, 2.24) is 10.2 Å². The van der Waals surface area contributed by atoms with Crippen molar-refractivity contribution in [2.75, 3.05) is 12.3 Å². The lowest BCUT2D eigenvalue weighted by Gasteiger charge is -2.30. The van der Waals surface area contributed by atoms with Gasteiger partial charge < -0.3 is 10.2 Å². The van der Waals surface area contributed by atoms with Crippen LogP contribution in [0.15, 0.2) is 48.5 Å². The molecule has 0 fully saturated rings. The van der Waals surface area contributed by atoms with Gasteiger partial charge in [0.05, 0.1) is 5.75 Å². The summed E-state index contributed by atoms with van der Waals surface area (Å²) in [6.07, 6.45) is 1.26. The van der Waals surface area contributed by atoms with E-state index in [0.717, 1.165) is 12.0 Å². The zero-order chi connectivity index (χ0) is 21.9. The molecule has 0 bridgehead atoms. The highest BCUT2D eigenvalue weighted by atomic mass is 32.2. The van der Waals surface area contributed by atoms with E-state index in [9.17, 15) is 18.4 Å². The molecule has 2 amide bonds. The minimum Gasteiger partial charge on any atom is -0.354 e. The minimum atomic E-state index is -0.622. The largest absolute Gasteiger partial charge is 0.354 e. The molecule has 7 heteroatoms. The normalized spacial score (nSPS) is 11.7. The Kier molecular flexibility index (Phi) is 9.80. The van der Waals surface area contributed by atoms with Crippen molar-refractivity contribution in [3.8, 4) is 0 Å². The molecule has 2 aromatic carbocycles. The minimum absolute atomic E-state index is 0.118. The quantitative estimate of drug-likeness (QED) is 0.565. The van der Waals surface area contributed by atoms with E-state index >= 15 is 0 Å². The van der Waals surface area contributed by atoms with E-state index < -0.39 is 6.04 Å². The number of nitrogens with one attached hydrogen (secondary N) is 1. The van der Waals surface area contributed by atoms with E-state index in [0.29, 0.717) is 24.3 Å². The second-order valence-corrected chi connectivity index (χ2v) is 7.93. The van der Waals surface area contributed by atoms with Crippen LogP contribution in [-0.4, -0.2) is 35.1 Å². The van der Waals surface area contributed by atoms with Crippen LogP contribution in [0.25, 0.3) is 0 Å². The number of hydrogen-bond donors (Lipinski definition) is 1. The van der Waals surface area contributed by atoms with Crippen LogP contribution in [0.1, 0.15) is 37.8 Å². The van der Waals surface area contributed by atoms with Crippen LogP contribution in [-0.2, 0) is 21.9 Å². The maximum atomic E-state index is 13.8. The van der Waals surface area contributed by atoms with Crippen LogP contribution in [0.5, 0.6) is 0 Å². The molecule has 0 radical (unpaired) electrons. The van der Waals surface area contributed by atoms with Crippen molar-refractivity contribution in [1.29, 1.82) is 0 Å². The molecule has 2 aromatic rings. The molecular weight excluding hydrogens is 406 g/mol. The first-order valence-electron chi connectivity index (χ1n) is 10.1. The van der Waals surface area contributed by atoms with Gasteiger partial charge in [-0.1, -0.05) is 44.2 Å². The van der Waals surface area contributed by atoms with Crippen molar-refractivity contribution in [2.45, 2.75) is 45.0 Å². The number of nitrogens with zero attached hydrogens (tertiary/aromatic N) is 1. The Labute approximate surface area is 181 Å². The number of hydrogen-bond acceptors (Lipinski definition) is 3. The van der Waals surface area contributed by atoms with Crippen LogP contribution in [0.4, 0.5) is 8.78 Å². The van der Waals surface area contributed by atoms with Gasteiger partial charge in [-0.3, -0.25) is 9.59 Å². The molecule has 162 valence electrons. The standard InChI is InChI=1S/C23H28F2N2O2S/c1-3-13-26-23(29)21(4-2)27(14-17-9-11-19(24)12-10-17)22(28)16-30-15-18-7-5-6-8-20(18)25/h5-12,21H,3-4,13-16H2,1-2H3,(H,26,29)/t21-/m1/s1. The predicted molar refractivity (Wildman–Crippen MR) is 117 cm³/mol. The van der Waals surface area contributed by atoms with Crippen LogP contribution in [0.3, 0.4) is 0 Å². The van der Waals surface area contributed by atoms with Gasteiger partial charge in [0.1, 0.15) is 17.7 Å². The van der Waals surface area contributed by atoms with Crippen molar-refractivity contribution in [2.24, 2.45) is 0 Å². The van der Waals surface area contributed by atoms with Gasteiger partial charge in [-0.15, -0.1) is 11.8 Å². The number of thioether (sulfide) groups is 1. The van der Waals surface area contributed by atoms with E-state index in [1.807, 2.05) is 13.8 Å². The molecule has 1 atom stereocenters. The average molecular weight is 435 g/mol. The highest BCUT2D eigenvalue weighted by Crippen LogP contribution is 2.19. The van der Waals surface area contributed by atoms with Crippen LogP contribution in [0.2, 0.25) is 0 Å². The molecule has 0 aliphatic carbocycles. The second kappa shape index (κ2) is 12.3. The molecule has 30 heavy (non-hydrogen) atoms. The van der Waals surface area contributed by atoms with E-state index in [1.54, 1.807) is 30.3 Å². The van der Waals surface area contributed by atoms with Gasteiger partial charge in [0.15, 0.2) is 0 Å². The summed E-state index contributed by atoms with van der Waals surface area (Å²) in [4.78, 5) is 27.2. The molecule has 1 N–H and O–H groups in total. The third-order valence-electron chi connectivity index (χ3n) is 4.64. The lowest BCUT2D eigenvalue weighted by molar-refractivity contribution is -0.139. The summed E-state index contributed by atoms with van der Waals surface area (Å²) in [7, 11) is 0. The second-order valence-electron chi connectivity index (χ2n) is 6.95. The fraction of sp³-hybridized carbons (Fsp3) is 0.391. The molecule has 0 aromatic heterocycles. The number of carbonyl (C=O) groups excluding carboxylic acids is 2. The fourth-order valence-corrected chi connectivity index (χ4v) is 3.92. The molecule has 0 unspecified atom stereocenters. The Morgan fingerprint density at radius 1 is 1.07 bits per heavy atom. The van der Waals surface area contributed by atoms with Gasteiger partial charge in [0.2, 0.25) is 11.8 Å². The zero-order valence-electron chi connectivity index (χ0n) is 17.4. The van der Waals surface area contributed by atoms with E-state index in [4.69, 9.17) is 0 Å². The highest BCUT2D eigenvalue weighted by Gasteiger charge is 2.28. The van der Waals surface area contributed by atoms with Crippen molar-refractivity contribution in [3.05, 3.63) is 71.3 Å². The van der Waals surface area contributed by atoms with Crippen molar-refractivity contribution < 1.29 is 18.4 Å². The van der Waals surface area contributed by atoms with Gasteiger partial charge >= 0.3 is 0 Å². The summed E-state index contributed by atoms with van der Waals surface area (Å²) < 4.78 is 27.1. The first-order valence-corrected chi connectivity index (χ1v) is 11.2. The Balaban J connectivity index is 2.11. The van der Waals surface area contributed by atoms with Crippen molar-refractivity contribution in [3.63, 3.8) is 0 Å². The van der Waals surface area contributed by atoms with Crippen LogP contribution < -0.4 is 5.32 Å². The Hall–Kier alpha value is -2.41. The van der Waals surface area contributed by atoms with Gasteiger partial charge in [-0.25, -0.2) is 8.78 Å². The maximum Gasteiger partial charge on any atom is 0.242 e. The predicted octanol–water partition coefficient (Wildman–Crippen LogP) is 4.53. The van der Waals surface area contributed by atoms with Crippen molar-refractivity contribution >= 4 is 23.6 Å². The van der Waals surface area contributed by atoms with Gasteiger partial charge in [0, 0.05) is 18.8 Å². The molecule has 0 aliphatic heterocycles. The molecular formula is C23H28F2N2O2S. The molecule has 0 aliphatic rings. The molecule has 0 saturated heterocycles. The summed E-state index contributed by atoms with van der Waals surface area (Å²) >= 11 is 1.30. The highest BCUT2D eigenvalue weighted by molar-refractivity contribution is 7.99. The smallest absolute Gasteiger partial charge is 0.242 e. The fourth-order valence-electron chi connectivity index (χ4n) is 3.02. The van der Waals surface area contributed by atoms with Crippen LogP contribution in [0, 0.1) is 11.6 Å². The van der Waals surface area contributed by atoms with E-state index in [1.165, 1.54) is 34.9 Å². The lowest BCUT2D eigenvalue weighted by Crippen LogP contribution is -2.49. The van der Waals surface area contributed by atoms with Gasteiger partial charge in [-0.2, -0.15) is 0 Å². The molecule has 0 spiro atoms. The first kappa shape index (κ1) is 23.9. The number of benzene rings is 2. The maximum absolute atomic E-state index is 13.8. The molecule has 0 heterocycles. The molecule has 4 nitrogen and oxygen atoms in total. The Morgan fingerprint density at radius 3 is 2.40 bits per heavy atom. The summed E-state index contributed by atoms with van der Waals surface area (Å²) in [6.45, 7) is 4.56. The van der Waals surface area contributed by atoms with Crippen LogP contribution >= 0.6 is 11.8 Å². The number of carbonyl (C=O) groups is 2. The third-order valence-corrected chi connectivity index (χ3v) is 5.61. The first-order chi connectivity index (χ1) is 14.5. The number of halogens is 2. The summed E-state index contributed by atoms with van der Waals surface area (Å²) in [5.41, 5.74) is 1.28. The zero-order valence-corrected chi connectivity index (χ0v) is 18.2. The Bertz CT molecular complexity index is 830. The van der Waals surface area contributed by atoms with Gasteiger partial charge in [-0.05, 0) is 42.2 Å². The number of amides is 2. The summed E-state index contributed by atoms with van der Waals surface area (Å²) in [5.74, 6) is -0.585. The SMILES string of the molecule is CCCNC(=O)[C@@H](CC)N(Cc1ccc(F)cc1)C(=O)CSCc1ccccc1F. The Morgan fingerprint density at radius 2 is 1.77 bits per heavy atom. The summed E-state index contributed by atoms with van der Waals surface area (Å²) in [6, 6.07) is 11.7. The molecule has 0 saturated carbocycles. The molecule has 2 rings (SSSR count). The third kappa shape index (κ3) is 7.13. The topological polar surface area (TPSA) is 49.4 Å². The lowest BCUT2D eigenvalue weighted by atomic mass is 10.1. The summed E-state index contributed by atoms with van der Waals surface area (Å²) in [5, 5.41) is 2.85. The van der Waals surface area contributed by atoms with E-state index in [-0.39, 0.29) is 35.7 Å². The number of rotatable bonds is 11. The monoisotopic (exact) mass is 434 g/mol.